The lowest BCUT2D eigenvalue weighted by Gasteiger charge is -2.15. The average Bonchev–Trinajstić information content (AvgIpc) is 2.40. The molecule has 1 atom stereocenters. The Bertz CT molecular complexity index is 540. The fraction of sp³-hybridized carbons (Fsp3) is 0.250. The molecule has 0 saturated heterocycles. The summed E-state index contributed by atoms with van der Waals surface area (Å²) in [5.74, 6) is 0.426. The molecular weight excluding hydrogens is 304 g/mol. The van der Waals surface area contributed by atoms with Crippen molar-refractivity contribution in [2.24, 2.45) is 5.92 Å². The fourth-order valence-corrected chi connectivity index (χ4v) is 2.64. The van der Waals surface area contributed by atoms with Gasteiger partial charge in [-0.25, -0.2) is 0 Å². The van der Waals surface area contributed by atoms with Gasteiger partial charge in [0, 0.05) is 11.1 Å². The molecule has 0 radical (unpaired) electrons. The topological polar surface area (TPSA) is 40.5 Å². The molecule has 0 aromatic heterocycles. The predicted octanol–water partition coefficient (Wildman–Crippen LogP) is 3.55. The minimum absolute atomic E-state index is 0.136. The Hall–Kier alpha value is -1.32. The van der Waals surface area contributed by atoms with Crippen molar-refractivity contribution in [3.05, 3.63) is 64.1 Å². The summed E-state index contributed by atoms with van der Waals surface area (Å²) < 4.78 is 1.07. The van der Waals surface area contributed by atoms with Crippen LogP contribution in [-0.2, 0) is 12.8 Å². The molecule has 100 valence electrons. The predicted molar refractivity (Wildman–Crippen MR) is 80.2 cm³/mol. The molecule has 0 aliphatic carbocycles. The van der Waals surface area contributed by atoms with Crippen molar-refractivity contribution in [2.45, 2.75) is 12.8 Å². The van der Waals surface area contributed by atoms with Crippen molar-refractivity contribution in [1.82, 2.24) is 0 Å². The number of hydrogen-bond acceptors (Lipinski definition) is 2. The number of halogens is 1. The number of phenols is 1. The summed E-state index contributed by atoms with van der Waals surface area (Å²) >= 11 is 3.53. The Kier molecular flexibility index (Phi) is 5.00. The summed E-state index contributed by atoms with van der Waals surface area (Å²) in [6.45, 7) is 0.136. The number of aliphatic hydroxyl groups excluding tert-OH is 1. The molecule has 3 heteroatoms. The van der Waals surface area contributed by atoms with Crippen LogP contribution in [0.25, 0.3) is 0 Å². The van der Waals surface area contributed by atoms with Gasteiger partial charge in [0.15, 0.2) is 0 Å². The standard InChI is InChI=1S/C16H17BrO2/c17-16-7-2-1-5-14(16)9-13(11-18)8-12-4-3-6-15(19)10-12/h1-7,10,13,18-19H,8-9,11H2. The highest BCUT2D eigenvalue weighted by Crippen LogP contribution is 2.22. The Morgan fingerprint density at radius 3 is 2.47 bits per heavy atom. The van der Waals surface area contributed by atoms with E-state index in [1.54, 1.807) is 12.1 Å². The van der Waals surface area contributed by atoms with Crippen LogP contribution in [0.4, 0.5) is 0 Å². The van der Waals surface area contributed by atoms with Gasteiger partial charge in [0.25, 0.3) is 0 Å². The Morgan fingerprint density at radius 2 is 1.79 bits per heavy atom. The second kappa shape index (κ2) is 6.73. The molecule has 0 spiro atoms. The fourth-order valence-electron chi connectivity index (χ4n) is 2.19. The van der Waals surface area contributed by atoms with Crippen LogP contribution in [0, 0.1) is 5.92 Å². The van der Waals surface area contributed by atoms with Gasteiger partial charge in [-0.15, -0.1) is 0 Å². The third-order valence-electron chi connectivity index (χ3n) is 3.16. The van der Waals surface area contributed by atoms with Crippen LogP contribution in [0.15, 0.2) is 53.0 Å². The van der Waals surface area contributed by atoms with Crippen molar-refractivity contribution in [3.63, 3.8) is 0 Å². The lowest BCUT2D eigenvalue weighted by molar-refractivity contribution is 0.224. The van der Waals surface area contributed by atoms with Gasteiger partial charge in [0.05, 0.1) is 0 Å². The van der Waals surface area contributed by atoms with E-state index < -0.39 is 0 Å². The number of aromatic hydroxyl groups is 1. The molecule has 0 fully saturated rings. The van der Waals surface area contributed by atoms with Crippen molar-refractivity contribution in [1.29, 1.82) is 0 Å². The third kappa shape index (κ3) is 4.08. The zero-order chi connectivity index (χ0) is 13.7. The molecule has 0 amide bonds. The summed E-state index contributed by atoms with van der Waals surface area (Å²) in [6.07, 6.45) is 1.57. The van der Waals surface area contributed by atoms with Gasteiger partial charge in [0.2, 0.25) is 0 Å². The van der Waals surface area contributed by atoms with Crippen LogP contribution in [0.2, 0.25) is 0 Å². The van der Waals surface area contributed by atoms with Crippen LogP contribution in [-0.4, -0.2) is 16.8 Å². The molecule has 0 saturated carbocycles. The van der Waals surface area contributed by atoms with Gasteiger partial charge < -0.3 is 10.2 Å². The molecule has 0 aliphatic rings. The zero-order valence-electron chi connectivity index (χ0n) is 10.6. The summed E-state index contributed by atoms with van der Waals surface area (Å²) in [5.41, 5.74) is 2.24. The SMILES string of the molecule is OCC(Cc1cccc(O)c1)Cc1ccccc1Br. The number of aliphatic hydroxyl groups is 1. The van der Waals surface area contributed by atoms with Crippen molar-refractivity contribution in [2.75, 3.05) is 6.61 Å². The molecule has 2 N–H and O–H groups in total. The van der Waals surface area contributed by atoms with E-state index in [1.807, 2.05) is 30.3 Å². The first-order valence-electron chi connectivity index (χ1n) is 6.31. The van der Waals surface area contributed by atoms with Gasteiger partial charge in [0.1, 0.15) is 5.75 Å². The Morgan fingerprint density at radius 1 is 1.00 bits per heavy atom. The van der Waals surface area contributed by atoms with E-state index in [0.717, 1.165) is 22.9 Å². The van der Waals surface area contributed by atoms with Gasteiger partial charge >= 0.3 is 0 Å². The highest BCUT2D eigenvalue weighted by atomic mass is 79.9. The van der Waals surface area contributed by atoms with Crippen LogP contribution in [0.5, 0.6) is 5.75 Å². The highest BCUT2D eigenvalue weighted by molar-refractivity contribution is 9.10. The first kappa shape index (κ1) is 14.1. The lowest BCUT2D eigenvalue weighted by atomic mass is 9.93. The molecule has 2 aromatic carbocycles. The van der Waals surface area contributed by atoms with Crippen molar-refractivity contribution < 1.29 is 10.2 Å². The Labute approximate surface area is 121 Å². The molecule has 2 rings (SSSR count). The van der Waals surface area contributed by atoms with Crippen LogP contribution in [0.1, 0.15) is 11.1 Å². The van der Waals surface area contributed by atoms with Gasteiger partial charge in [-0.3, -0.25) is 0 Å². The first-order valence-corrected chi connectivity index (χ1v) is 7.10. The zero-order valence-corrected chi connectivity index (χ0v) is 12.2. The number of phenolic OH excluding ortho intramolecular Hbond substituents is 1. The van der Waals surface area contributed by atoms with E-state index in [4.69, 9.17) is 0 Å². The molecule has 0 bridgehead atoms. The molecule has 1 unspecified atom stereocenters. The van der Waals surface area contributed by atoms with Crippen LogP contribution < -0.4 is 0 Å². The maximum Gasteiger partial charge on any atom is 0.115 e. The molecule has 0 heterocycles. The summed E-state index contributed by atoms with van der Waals surface area (Å²) in [4.78, 5) is 0. The molecule has 0 aliphatic heterocycles. The van der Waals surface area contributed by atoms with Crippen LogP contribution >= 0.6 is 15.9 Å². The van der Waals surface area contributed by atoms with Crippen LogP contribution in [0.3, 0.4) is 0 Å². The van der Waals surface area contributed by atoms with E-state index >= 15 is 0 Å². The Balaban J connectivity index is 2.07. The minimum Gasteiger partial charge on any atom is -0.508 e. The first-order chi connectivity index (χ1) is 9.19. The van der Waals surface area contributed by atoms with E-state index in [-0.39, 0.29) is 18.3 Å². The van der Waals surface area contributed by atoms with E-state index in [9.17, 15) is 10.2 Å². The van der Waals surface area contributed by atoms with Gasteiger partial charge in [-0.2, -0.15) is 0 Å². The largest absolute Gasteiger partial charge is 0.508 e. The summed E-state index contributed by atoms with van der Waals surface area (Å²) in [7, 11) is 0. The van der Waals surface area contributed by atoms with Crippen molar-refractivity contribution in [3.8, 4) is 5.75 Å². The summed E-state index contributed by atoms with van der Waals surface area (Å²) in [5, 5.41) is 19.0. The van der Waals surface area contributed by atoms with Gasteiger partial charge in [-0.05, 0) is 48.1 Å². The maximum absolute atomic E-state index is 9.53. The molecule has 19 heavy (non-hydrogen) atoms. The van der Waals surface area contributed by atoms with Gasteiger partial charge in [-0.1, -0.05) is 46.3 Å². The number of hydrogen-bond donors (Lipinski definition) is 2. The van der Waals surface area contributed by atoms with E-state index in [1.165, 1.54) is 5.56 Å². The number of benzene rings is 2. The van der Waals surface area contributed by atoms with Crippen molar-refractivity contribution >= 4 is 15.9 Å². The summed E-state index contributed by atoms with van der Waals surface area (Å²) in [6, 6.07) is 15.3. The molecule has 2 aromatic rings. The second-order valence-corrected chi connectivity index (χ2v) is 5.57. The monoisotopic (exact) mass is 320 g/mol. The molecule has 2 nitrogen and oxygen atoms in total. The van der Waals surface area contributed by atoms with E-state index in [2.05, 4.69) is 22.0 Å². The third-order valence-corrected chi connectivity index (χ3v) is 3.93. The lowest BCUT2D eigenvalue weighted by Crippen LogP contribution is -2.13. The van der Waals surface area contributed by atoms with E-state index in [0.29, 0.717) is 0 Å². The molecular formula is C16H17BrO2. The number of rotatable bonds is 5. The maximum atomic E-state index is 9.53. The highest BCUT2D eigenvalue weighted by Gasteiger charge is 2.11. The average molecular weight is 321 g/mol. The normalized spacial score (nSPS) is 12.3. The quantitative estimate of drug-likeness (QED) is 0.884. The second-order valence-electron chi connectivity index (χ2n) is 4.72. The minimum atomic E-state index is 0.136. The smallest absolute Gasteiger partial charge is 0.115 e.